The lowest BCUT2D eigenvalue weighted by Gasteiger charge is -2.36. The van der Waals surface area contributed by atoms with E-state index in [-0.39, 0.29) is 11.4 Å². The molecule has 0 saturated carbocycles. The number of nitrogens with zero attached hydrogens (tertiary/aromatic N) is 1. The molecule has 2 N–H and O–H groups in total. The third kappa shape index (κ3) is 3.69. The van der Waals surface area contributed by atoms with Crippen molar-refractivity contribution in [3.8, 4) is 5.75 Å². The average Bonchev–Trinajstić information content (AvgIpc) is 2.72. The van der Waals surface area contributed by atoms with Crippen molar-refractivity contribution in [2.45, 2.75) is 36.0 Å². The topological polar surface area (TPSA) is 95.9 Å². The zero-order valence-electron chi connectivity index (χ0n) is 13.9. The minimum Gasteiger partial charge on any atom is -0.497 e. The van der Waals surface area contributed by atoms with E-state index < -0.39 is 26.7 Å². The molecular weight excluding hydrogens is 352 g/mol. The highest BCUT2D eigenvalue weighted by atomic mass is 32.2. The second kappa shape index (κ2) is 7.30. The lowest BCUT2D eigenvalue weighted by atomic mass is 10.0. The molecule has 1 aromatic rings. The quantitative estimate of drug-likeness (QED) is 0.612. The number of carbonyl (C=O) groups is 1. The highest BCUT2D eigenvalue weighted by Crippen LogP contribution is 2.37. The lowest BCUT2D eigenvalue weighted by molar-refractivity contribution is -0.133. The minimum atomic E-state index is -3.89. The number of thioether (sulfide) groups is 1. The highest BCUT2D eigenvalue weighted by molar-refractivity contribution is 8.00. The van der Waals surface area contributed by atoms with Crippen molar-refractivity contribution < 1.29 is 23.2 Å². The van der Waals surface area contributed by atoms with Gasteiger partial charge in [0.1, 0.15) is 11.8 Å². The van der Waals surface area contributed by atoms with Gasteiger partial charge in [0.2, 0.25) is 10.0 Å². The smallest absolute Gasteiger partial charge is 0.263 e. The van der Waals surface area contributed by atoms with Crippen molar-refractivity contribution in [1.29, 1.82) is 0 Å². The Morgan fingerprint density at radius 1 is 1.38 bits per heavy atom. The van der Waals surface area contributed by atoms with Crippen LogP contribution in [0.25, 0.3) is 0 Å². The number of hydroxylamine groups is 1. The Bertz CT molecular complexity index is 688. The van der Waals surface area contributed by atoms with Gasteiger partial charge in [-0.05, 0) is 50.3 Å². The minimum absolute atomic E-state index is 0.0849. The zero-order valence-corrected chi connectivity index (χ0v) is 15.5. The molecule has 0 bridgehead atoms. The van der Waals surface area contributed by atoms with E-state index >= 15 is 0 Å². The Morgan fingerprint density at radius 2 is 2.00 bits per heavy atom. The van der Waals surface area contributed by atoms with Crippen molar-refractivity contribution in [1.82, 2.24) is 9.79 Å². The summed E-state index contributed by atoms with van der Waals surface area (Å²) in [5.41, 5.74) is 1.61. The molecular formula is C15H22N2O5S2. The predicted molar refractivity (Wildman–Crippen MR) is 91.8 cm³/mol. The van der Waals surface area contributed by atoms with Crippen molar-refractivity contribution in [3.63, 3.8) is 0 Å². The molecule has 0 radical (unpaired) electrons. The van der Waals surface area contributed by atoms with Crippen molar-refractivity contribution >= 4 is 27.7 Å². The third-order valence-corrected chi connectivity index (χ3v) is 7.31. The molecule has 7 nitrogen and oxygen atoms in total. The SMILES string of the molecule is COc1ccc(S(=O)(=O)N2CCCSC(C)(C)C2C(=O)NO)cc1. The maximum absolute atomic E-state index is 13.1. The summed E-state index contributed by atoms with van der Waals surface area (Å²) < 4.78 is 31.7. The monoisotopic (exact) mass is 374 g/mol. The van der Waals surface area contributed by atoms with Gasteiger partial charge in [0.25, 0.3) is 5.91 Å². The fraction of sp³-hybridized carbons (Fsp3) is 0.533. The van der Waals surface area contributed by atoms with Crippen LogP contribution in [0.4, 0.5) is 0 Å². The molecule has 9 heteroatoms. The largest absolute Gasteiger partial charge is 0.497 e. The number of hydrogen-bond donors (Lipinski definition) is 2. The first-order chi connectivity index (χ1) is 11.2. The van der Waals surface area contributed by atoms with E-state index in [1.807, 2.05) is 0 Å². The summed E-state index contributed by atoms with van der Waals surface area (Å²) in [5, 5.41) is 9.09. The van der Waals surface area contributed by atoms with Gasteiger partial charge in [0, 0.05) is 11.3 Å². The third-order valence-electron chi connectivity index (χ3n) is 3.97. The van der Waals surface area contributed by atoms with Crippen LogP contribution in [-0.4, -0.2) is 54.0 Å². The van der Waals surface area contributed by atoms with Gasteiger partial charge in [-0.1, -0.05) is 0 Å². The van der Waals surface area contributed by atoms with Crippen LogP contribution < -0.4 is 10.2 Å². The standard InChI is InChI=1S/C15H22N2O5S2/c1-15(2)13(14(18)16-19)17(9-4-10-23-15)24(20,21)12-7-5-11(22-3)6-8-12/h5-8,13,19H,4,9-10H2,1-3H3,(H,16,18). The van der Waals surface area contributed by atoms with Crippen LogP contribution in [0.2, 0.25) is 0 Å². The first-order valence-corrected chi connectivity index (χ1v) is 9.90. The van der Waals surface area contributed by atoms with Gasteiger partial charge < -0.3 is 4.74 Å². The Labute approximate surface area is 146 Å². The summed E-state index contributed by atoms with van der Waals surface area (Å²) in [6.07, 6.45) is 0.624. The first kappa shape index (κ1) is 19.0. The van der Waals surface area contributed by atoms with Gasteiger partial charge in [-0.3, -0.25) is 10.0 Å². The van der Waals surface area contributed by atoms with E-state index in [0.717, 1.165) is 5.75 Å². The number of hydrogen-bond acceptors (Lipinski definition) is 6. The van der Waals surface area contributed by atoms with Gasteiger partial charge in [0.05, 0.1) is 12.0 Å². The van der Waals surface area contributed by atoms with Gasteiger partial charge in [0.15, 0.2) is 0 Å². The molecule has 0 aromatic heterocycles. The summed E-state index contributed by atoms with van der Waals surface area (Å²) in [6, 6.07) is 5.01. The van der Waals surface area contributed by atoms with E-state index in [2.05, 4.69) is 0 Å². The molecule has 1 aromatic carbocycles. The summed E-state index contributed by atoms with van der Waals surface area (Å²) in [7, 11) is -2.39. The Balaban J connectivity index is 2.48. The molecule has 1 saturated heterocycles. The van der Waals surface area contributed by atoms with Gasteiger partial charge in [-0.15, -0.1) is 0 Å². The van der Waals surface area contributed by atoms with Gasteiger partial charge >= 0.3 is 0 Å². The summed E-state index contributed by atoms with van der Waals surface area (Å²) in [6.45, 7) is 3.82. The van der Waals surface area contributed by atoms with E-state index in [1.165, 1.54) is 35.3 Å². The molecule has 1 heterocycles. The maximum atomic E-state index is 13.1. The molecule has 1 fully saturated rings. The van der Waals surface area contributed by atoms with Crippen molar-refractivity contribution in [2.75, 3.05) is 19.4 Å². The fourth-order valence-corrected chi connectivity index (χ4v) is 5.78. The van der Waals surface area contributed by atoms with Crippen LogP contribution in [0.3, 0.4) is 0 Å². The molecule has 0 aliphatic carbocycles. The molecule has 1 amide bonds. The number of nitrogens with one attached hydrogen (secondary N) is 1. The predicted octanol–water partition coefficient (Wildman–Crippen LogP) is 1.48. The van der Waals surface area contributed by atoms with Crippen LogP contribution >= 0.6 is 11.8 Å². The summed E-state index contributed by atoms with van der Waals surface area (Å²) in [4.78, 5) is 12.3. The average molecular weight is 374 g/mol. The van der Waals surface area contributed by atoms with Crippen LogP contribution in [0.5, 0.6) is 5.75 Å². The number of amides is 1. The second-order valence-corrected chi connectivity index (χ2v) is 9.62. The molecule has 134 valence electrons. The van der Waals surface area contributed by atoms with Gasteiger partial charge in [-0.25, -0.2) is 13.9 Å². The van der Waals surface area contributed by atoms with Crippen LogP contribution in [0.1, 0.15) is 20.3 Å². The number of benzene rings is 1. The van der Waals surface area contributed by atoms with Crippen LogP contribution in [-0.2, 0) is 14.8 Å². The molecule has 0 spiro atoms. The lowest BCUT2D eigenvalue weighted by Crippen LogP contribution is -2.57. The number of rotatable bonds is 4. The van der Waals surface area contributed by atoms with Crippen molar-refractivity contribution in [2.24, 2.45) is 0 Å². The molecule has 1 aliphatic heterocycles. The molecule has 2 rings (SSSR count). The van der Waals surface area contributed by atoms with Crippen molar-refractivity contribution in [3.05, 3.63) is 24.3 Å². The number of sulfonamides is 1. The Kier molecular flexibility index (Phi) is 5.79. The second-order valence-electron chi connectivity index (χ2n) is 5.98. The summed E-state index contributed by atoms with van der Waals surface area (Å²) in [5.74, 6) is 0.549. The first-order valence-electron chi connectivity index (χ1n) is 7.48. The number of ether oxygens (including phenoxy) is 1. The maximum Gasteiger partial charge on any atom is 0.263 e. The normalized spacial score (nSPS) is 21.8. The number of carbonyl (C=O) groups excluding carboxylic acids is 1. The Hall–Kier alpha value is -1.29. The van der Waals surface area contributed by atoms with E-state index in [0.29, 0.717) is 12.2 Å². The van der Waals surface area contributed by atoms with E-state index in [1.54, 1.807) is 31.5 Å². The number of methoxy groups -OCH3 is 1. The van der Waals surface area contributed by atoms with Gasteiger partial charge in [-0.2, -0.15) is 16.1 Å². The zero-order chi connectivity index (χ0) is 18.0. The van der Waals surface area contributed by atoms with E-state index in [4.69, 9.17) is 9.94 Å². The summed E-state index contributed by atoms with van der Waals surface area (Å²) >= 11 is 1.52. The molecule has 1 aliphatic rings. The molecule has 1 unspecified atom stereocenters. The highest BCUT2D eigenvalue weighted by Gasteiger charge is 2.46. The fourth-order valence-electron chi connectivity index (χ4n) is 2.76. The molecule has 24 heavy (non-hydrogen) atoms. The van der Waals surface area contributed by atoms with Crippen LogP contribution in [0.15, 0.2) is 29.2 Å². The van der Waals surface area contributed by atoms with Crippen LogP contribution in [0, 0.1) is 0 Å². The Morgan fingerprint density at radius 3 is 2.54 bits per heavy atom. The van der Waals surface area contributed by atoms with E-state index in [9.17, 15) is 13.2 Å². The molecule has 1 atom stereocenters.